The number of ether oxygens (including phenoxy) is 1. The van der Waals surface area contributed by atoms with E-state index in [2.05, 4.69) is 10.5 Å². The molecule has 1 aromatic heterocycles. The zero-order chi connectivity index (χ0) is 26.7. The summed E-state index contributed by atoms with van der Waals surface area (Å²) in [5.74, 6) is -0.578. The van der Waals surface area contributed by atoms with Gasteiger partial charge in [0.15, 0.2) is 5.69 Å². The molecule has 5 aliphatic heterocycles. The first kappa shape index (κ1) is 26.5. The standard InChI is InChI=1S/C20H28N4O5S.C5H9F2N/c25-20(18-7-19(29-22-18)14-10-28-11-14)21-15-5-16-1-2-17(6-15)24(16)30(26,27)23-8-12-3-13(4-12)9-23;6-5(7)1-4(2-5)3-8/h7,12-17H,1-6,8-11H2,(H,21,25);4H,1-3,8H2. The van der Waals surface area contributed by atoms with Crippen LogP contribution in [-0.4, -0.2) is 85.0 Å². The van der Waals surface area contributed by atoms with Crippen LogP contribution in [0.5, 0.6) is 0 Å². The first-order valence-corrected chi connectivity index (χ1v) is 15.2. The van der Waals surface area contributed by atoms with Crippen LogP contribution in [0, 0.1) is 17.8 Å². The first-order valence-electron chi connectivity index (χ1n) is 13.8. The Labute approximate surface area is 221 Å². The van der Waals surface area contributed by atoms with Gasteiger partial charge in [0, 0.05) is 50.1 Å². The largest absolute Gasteiger partial charge is 0.380 e. The minimum Gasteiger partial charge on any atom is -0.380 e. The molecule has 0 radical (unpaired) electrons. The van der Waals surface area contributed by atoms with Crippen molar-refractivity contribution in [2.24, 2.45) is 23.5 Å². The van der Waals surface area contributed by atoms with Gasteiger partial charge in [0.2, 0.25) is 5.92 Å². The fourth-order valence-electron chi connectivity index (χ4n) is 6.97. The summed E-state index contributed by atoms with van der Waals surface area (Å²) in [5.41, 5.74) is 5.41. The van der Waals surface area contributed by atoms with E-state index in [0.29, 0.717) is 63.3 Å². The summed E-state index contributed by atoms with van der Waals surface area (Å²) in [4.78, 5) is 12.7. The van der Waals surface area contributed by atoms with Gasteiger partial charge in [-0.1, -0.05) is 5.16 Å². The molecule has 0 spiro atoms. The molecule has 1 amide bonds. The Morgan fingerprint density at radius 1 is 1.11 bits per heavy atom. The minimum absolute atomic E-state index is 0.00347. The Morgan fingerprint density at radius 3 is 2.24 bits per heavy atom. The number of amides is 1. The topological polar surface area (TPSA) is 131 Å². The molecule has 6 heterocycles. The zero-order valence-electron chi connectivity index (χ0n) is 21.4. The lowest BCUT2D eigenvalue weighted by Crippen LogP contribution is -2.59. The van der Waals surface area contributed by atoms with Crippen LogP contribution in [0.1, 0.15) is 73.5 Å². The highest BCUT2D eigenvalue weighted by molar-refractivity contribution is 7.86. The molecule has 0 aromatic carbocycles. The number of nitrogens with two attached hydrogens (primary N) is 1. The second-order valence-electron chi connectivity index (χ2n) is 12.1. The SMILES string of the molecule is NCC1CC(F)(F)C1.O=C(NC1CC2CCC(C1)N2S(=O)(=O)N1CC2CC(C2)C1)c1cc(C2COC2)on1. The summed E-state index contributed by atoms with van der Waals surface area (Å²) in [6, 6.07) is 1.59. The lowest BCUT2D eigenvalue weighted by atomic mass is 9.72. The Morgan fingerprint density at radius 2 is 1.74 bits per heavy atom. The summed E-state index contributed by atoms with van der Waals surface area (Å²) in [6.07, 6.45) is 5.42. The highest BCUT2D eigenvalue weighted by Gasteiger charge is 2.51. The molecule has 2 atom stereocenters. The molecule has 1 aromatic rings. The number of carbonyl (C=O) groups is 1. The van der Waals surface area contributed by atoms with Crippen molar-refractivity contribution in [2.75, 3.05) is 32.8 Å². The number of fused-ring (bicyclic) bond motifs is 4. The van der Waals surface area contributed by atoms with Crippen LogP contribution in [-0.2, 0) is 14.9 Å². The minimum atomic E-state index is -3.42. The lowest BCUT2D eigenvalue weighted by Gasteiger charge is -2.49. The smallest absolute Gasteiger partial charge is 0.282 e. The summed E-state index contributed by atoms with van der Waals surface area (Å²) < 4.78 is 64.5. The van der Waals surface area contributed by atoms with Crippen molar-refractivity contribution < 1.29 is 31.3 Å². The van der Waals surface area contributed by atoms with Crippen LogP contribution in [0.2, 0.25) is 0 Å². The maximum atomic E-state index is 13.4. The Balaban J connectivity index is 0.000000285. The Bertz CT molecular complexity index is 1110. The number of nitrogens with one attached hydrogen (secondary N) is 1. The molecule has 4 bridgehead atoms. The maximum absolute atomic E-state index is 13.4. The van der Waals surface area contributed by atoms with Crippen LogP contribution in [0.25, 0.3) is 0 Å². The van der Waals surface area contributed by atoms with E-state index in [9.17, 15) is 22.0 Å². The first-order chi connectivity index (χ1) is 18.1. The molecule has 8 rings (SSSR count). The number of piperidine rings is 3. The number of nitrogens with zero attached hydrogens (tertiary/aromatic N) is 3. The third-order valence-corrected chi connectivity index (χ3v) is 11.2. The van der Waals surface area contributed by atoms with Gasteiger partial charge in [-0.05, 0) is 62.8 Å². The van der Waals surface area contributed by atoms with E-state index in [4.69, 9.17) is 15.0 Å². The quantitative estimate of drug-likeness (QED) is 0.548. The van der Waals surface area contributed by atoms with Crippen LogP contribution in [0.3, 0.4) is 0 Å². The average Bonchev–Trinajstić information content (AvgIpc) is 3.40. The molecule has 3 N–H and O–H groups in total. The number of aromatic nitrogens is 1. The van der Waals surface area contributed by atoms with Gasteiger partial charge >= 0.3 is 0 Å². The molecule has 5 saturated heterocycles. The molecule has 10 nitrogen and oxygen atoms in total. The lowest BCUT2D eigenvalue weighted by molar-refractivity contribution is -0.107. The van der Waals surface area contributed by atoms with Gasteiger partial charge in [0.25, 0.3) is 16.1 Å². The fourth-order valence-corrected chi connectivity index (χ4v) is 9.17. The molecule has 13 heteroatoms. The predicted molar refractivity (Wildman–Crippen MR) is 133 cm³/mol. The molecule has 2 aliphatic carbocycles. The van der Waals surface area contributed by atoms with Gasteiger partial charge in [-0.15, -0.1) is 0 Å². The van der Waals surface area contributed by atoms with E-state index in [-0.39, 0.29) is 54.4 Å². The van der Waals surface area contributed by atoms with Crippen LogP contribution < -0.4 is 11.1 Å². The number of alkyl halides is 2. The average molecular weight is 558 g/mol. The van der Waals surface area contributed by atoms with E-state index in [0.717, 1.165) is 12.8 Å². The van der Waals surface area contributed by atoms with E-state index < -0.39 is 16.1 Å². The van der Waals surface area contributed by atoms with E-state index in [1.807, 2.05) is 0 Å². The number of carbonyl (C=O) groups excluding carboxylic acids is 1. The predicted octanol–water partition coefficient (Wildman–Crippen LogP) is 2.09. The van der Waals surface area contributed by atoms with Crippen molar-refractivity contribution in [2.45, 2.75) is 81.3 Å². The zero-order valence-corrected chi connectivity index (χ0v) is 22.3. The Kier molecular flexibility index (Phi) is 7.03. The van der Waals surface area contributed by atoms with Gasteiger partial charge < -0.3 is 20.3 Å². The molecule has 2 saturated carbocycles. The molecular formula is C25H37F2N5O5S. The molecule has 7 fully saturated rings. The van der Waals surface area contributed by atoms with Crippen molar-refractivity contribution in [3.8, 4) is 0 Å². The van der Waals surface area contributed by atoms with Crippen LogP contribution in [0.4, 0.5) is 8.78 Å². The van der Waals surface area contributed by atoms with Crippen molar-refractivity contribution in [3.63, 3.8) is 0 Å². The van der Waals surface area contributed by atoms with E-state index >= 15 is 0 Å². The number of halogens is 2. The number of rotatable bonds is 6. The molecular weight excluding hydrogens is 520 g/mol. The fraction of sp³-hybridized carbons (Fsp3) is 0.840. The highest BCUT2D eigenvalue weighted by Crippen LogP contribution is 2.44. The van der Waals surface area contributed by atoms with E-state index in [1.54, 1.807) is 14.7 Å². The third-order valence-electron chi connectivity index (χ3n) is 9.16. The second-order valence-corrected chi connectivity index (χ2v) is 13.9. The van der Waals surface area contributed by atoms with Crippen molar-refractivity contribution >= 4 is 16.1 Å². The monoisotopic (exact) mass is 557 g/mol. The normalized spacial score (nSPS) is 34.9. The second kappa shape index (κ2) is 10.1. The molecule has 7 aliphatic rings. The molecule has 212 valence electrons. The summed E-state index contributed by atoms with van der Waals surface area (Å²) in [7, 11) is -3.42. The number of hydrogen-bond acceptors (Lipinski definition) is 7. The summed E-state index contributed by atoms with van der Waals surface area (Å²) in [5, 5.41) is 6.97. The van der Waals surface area contributed by atoms with E-state index in [1.165, 1.54) is 12.8 Å². The van der Waals surface area contributed by atoms with Gasteiger partial charge in [-0.2, -0.15) is 17.0 Å². The summed E-state index contributed by atoms with van der Waals surface area (Å²) >= 11 is 0. The maximum Gasteiger partial charge on any atom is 0.282 e. The van der Waals surface area contributed by atoms with Crippen LogP contribution >= 0.6 is 0 Å². The van der Waals surface area contributed by atoms with Gasteiger partial charge in [0.05, 0.1) is 19.1 Å². The van der Waals surface area contributed by atoms with Crippen LogP contribution in [0.15, 0.2) is 10.6 Å². The third kappa shape index (κ3) is 5.12. The van der Waals surface area contributed by atoms with Gasteiger partial charge in [0.1, 0.15) is 5.76 Å². The molecule has 38 heavy (non-hydrogen) atoms. The van der Waals surface area contributed by atoms with Gasteiger partial charge in [-0.25, -0.2) is 8.78 Å². The van der Waals surface area contributed by atoms with Crippen molar-refractivity contribution in [1.82, 2.24) is 19.1 Å². The Hall–Kier alpha value is -1.67. The highest BCUT2D eigenvalue weighted by atomic mass is 32.2. The summed E-state index contributed by atoms with van der Waals surface area (Å²) in [6.45, 7) is 2.97. The van der Waals surface area contributed by atoms with Crippen molar-refractivity contribution in [3.05, 3.63) is 17.5 Å². The van der Waals surface area contributed by atoms with Gasteiger partial charge in [-0.3, -0.25) is 4.79 Å². The van der Waals surface area contributed by atoms with Crippen molar-refractivity contribution in [1.29, 1.82) is 0 Å². The molecule has 2 unspecified atom stereocenters. The number of hydrogen-bond donors (Lipinski definition) is 2.